The molecule has 0 unspecified atom stereocenters. The van der Waals surface area contributed by atoms with Crippen molar-refractivity contribution >= 4 is 50.9 Å². The molecule has 5 aromatic rings. The van der Waals surface area contributed by atoms with Gasteiger partial charge >= 0.3 is 0 Å². The lowest BCUT2D eigenvalue weighted by molar-refractivity contribution is 0.102. The van der Waals surface area contributed by atoms with E-state index in [1.165, 1.54) is 22.0 Å². The second-order valence-corrected chi connectivity index (χ2v) is 10.5. The predicted octanol–water partition coefficient (Wildman–Crippen LogP) is 6.20. The third kappa shape index (κ3) is 5.35. The molecule has 5 nitrogen and oxygen atoms in total. The number of thioether (sulfide) groups is 2. The van der Waals surface area contributed by atoms with Gasteiger partial charge in [0.2, 0.25) is 0 Å². The van der Waals surface area contributed by atoms with Gasteiger partial charge in [-0.05, 0) is 17.7 Å². The van der Waals surface area contributed by atoms with Crippen LogP contribution in [0.5, 0.6) is 0 Å². The van der Waals surface area contributed by atoms with Crippen molar-refractivity contribution in [2.24, 2.45) is 0 Å². The minimum Gasteiger partial charge on any atom is -0.301 e. The van der Waals surface area contributed by atoms with E-state index in [2.05, 4.69) is 33.0 Å². The average Bonchev–Trinajstić information content (AvgIpc) is 3.45. The maximum Gasteiger partial charge on any atom is 0.191 e. The van der Waals surface area contributed by atoms with E-state index in [1.807, 2.05) is 66.7 Å². The number of Topliss-reactive ketones (excluding diaryl/α,β-unsaturated/α-hetero) is 1. The monoisotopic (exact) mass is 488 g/mol. The summed E-state index contributed by atoms with van der Waals surface area (Å²) in [7, 11) is 0. The Morgan fingerprint density at radius 1 is 0.848 bits per heavy atom. The molecule has 0 aliphatic heterocycles. The first-order chi connectivity index (χ1) is 16.3. The third-order valence-electron chi connectivity index (χ3n) is 5.00. The van der Waals surface area contributed by atoms with Crippen LogP contribution in [-0.2, 0) is 12.3 Å². The molecule has 0 radical (unpaired) electrons. The molecule has 0 N–H and O–H groups in total. The van der Waals surface area contributed by atoms with Gasteiger partial charge in [0.25, 0.3) is 0 Å². The summed E-state index contributed by atoms with van der Waals surface area (Å²) in [6.07, 6.45) is 0. The Labute approximate surface area is 204 Å². The summed E-state index contributed by atoms with van der Waals surface area (Å²) in [6, 6.07) is 27.8. The average molecular weight is 489 g/mol. The number of nitrogens with zero attached hydrogens (tertiary/aromatic N) is 4. The molecule has 164 valence electrons. The van der Waals surface area contributed by atoms with E-state index in [0.717, 1.165) is 20.8 Å². The number of thiazole rings is 1. The fourth-order valence-corrected chi connectivity index (χ4v) is 6.19. The maximum atomic E-state index is 12.6. The van der Waals surface area contributed by atoms with Crippen molar-refractivity contribution in [2.45, 2.75) is 21.8 Å². The van der Waals surface area contributed by atoms with Crippen molar-refractivity contribution < 1.29 is 4.79 Å². The second-order valence-electron chi connectivity index (χ2n) is 7.28. The van der Waals surface area contributed by atoms with Gasteiger partial charge in [0.1, 0.15) is 5.82 Å². The van der Waals surface area contributed by atoms with Crippen molar-refractivity contribution in [3.05, 3.63) is 102 Å². The van der Waals surface area contributed by atoms with Crippen LogP contribution < -0.4 is 0 Å². The molecule has 2 aromatic heterocycles. The van der Waals surface area contributed by atoms with Gasteiger partial charge in [-0.25, -0.2) is 4.98 Å². The largest absolute Gasteiger partial charge is 0.301 e. The number of hydrogen-bond acceptors (Lipinski definition) is 7. The summed E-state index contributed by atoms with van der Waals surface area (Å²) in [6.45, 7) is 0.658. The Morgan fingerprint density at radius 2 is 1.58 bits per heavy atom. The van der Waals surface area contributed by atoms with E-state index in [0.29, 0.717) is 23.6 Å². The Morgan fingerprint density at radius 3 is 2.36 bits per heavy atom. The molecule has 0 aliphatic rings. The molecule has 0 bridgehead atoms. The summed E-state index contributed by atoms with van der Waals surface area (Å²) in [5.41, 5.74) is 2.90. The molecule has 33 heavy (non-hydrogen) atoms. The van der Waals surface area contributed by atoms with Crippen molar-refractivity contribution in [1.29, 1.82) is 0 Å². The Balaban J connectivity index is 1.35. The molecule has 3 aromatic carbocycles. The van der Waals surface area contributed by atoms with Crippen LogP contribution in [0.3, 0.4) is 0 Å². The lowest BCUT2D eigenvalue weighted by atomic mass is 10.2. The third-order valence-corrected chi connectivity index (χ3v) is 8.15. The molecule has 0 saturated heterocycles. The fraction of sp³-hybridized carbons (Fsp3) is 0.120. The summed E-state index contributed by atoms with van der Waals surface area (Å²) >= 11 is 4.79. The van der Waals surface area contributed by atoms with Crippen molar-refractivity contribution in [2.75, 3.05) is 5.75 Å². The summed E-state index contributed by atoms with van der Waals surface area (Å²) in [5, 5.41) is 9.65. The predicted molar refractivity (Wildman–Crippen MR) is 136 cm³/mol. The zero-order valence-electron chi connectivity index (χ0n) is 17.6. The van der Waals surface area contributed by atoms with Crippen LogP contribution in [-0.4, -0.2) is 31.3 Å². The molecular weight excluding hydrogens is 469 g/mol. The van der Waals surface area contributed by atoms with E-state index < -0.39 is 0 Å². The molecule has 0 atom stereocenters. The van der Waals surface area contributed by atoms with Crippen LogP contribution >= 0.6 is 34.9 Å². The number of hydrogen-bond donors (Lipinski definition) is 0. The molecule has 0 spiro atoms. The van der Waals surface area contributed by atoms with Gasteiger partial charge < -0.3 is 4.57 Å². The number of rotatable bonds is 9. The zero-order valence-corrected chi connectivity index (χ0v) is 20.1. The van der Waals surface area contributed by atoms with Crippen molar-refractivity contribution in [3.63, 3.8) is 0 Å². The van der Waals surface area contributed by atoms with Gasteiger partial charge in [-0.3, -0.25) is 4.79 Å². The first kappa shape index (κ1) is 21.9. The highest BCUT2D eigenvalue weighted by atomic mass is 32.2. The van der Waals surface area contributed by atoms with E-state index in [-0.39, 0.29) is 5.78 Å². The highest BCUT2D eigenvalue weighted by Crippen LogP contribution is 2.32. The van der Waals surface area contributed by atoms with Gasteiger partial charge in [-0.2, -0.15) is 0 Å². The molecule has 0 aliphatic carbocycles. The minimum absolute atomic E-state index is 0.0836. The molecule has 8 heteroatoms. The quantitative estimate of drug-likeness (QED) is 0.182. The van der Waals surface area contributed by atoms with Crippen LogP contribution in [0.2, 0.25) is 0 Å². The van der Waals surface area contributed by atoms with E-state index >= 15 is 0 Å². The molecular formula is C25H20N4OS3. The molecule has 0 fully saturated rings. The van der Waals surface area contributed by atoms with Crippen molar-refractivity contribution in [1.82, 2.24) is 19.7 Å². The summed E-state index contributed by atoms with van der Waals surface area (Å²) in [5.74, 6) is 1.94. The van der Waals surface area contributed by atoms with E-state index in [9.17, 15) is 4.79 Å². The second kappa shape index (κ2) is 10.3. The number of aromatic nitrogens is 4. The van der Waals surface area contributed by atoms with Gasteiger partial charge in [0.15, 0.2) is 15.3 Å². The van der Waals surface area contributed by atoms with Gasteiger partial charge in [0, 0.05) is 5.56 Å². The maximum absolute atomic E-state index is 12.6. The summed E-state index contributed by atoms with van der Waals surface area (Å²) < 4.78 is 4.30. The van der Waals surface area contributed by atoms with Crippen LogP contribution in [0, 0.1) is 0 Å². The van der Waals surface area contributed by atoms with Gasteiger partial charge in [-0.15, -0.1) is 21.5 Å². The highest BCUT2D eigenvalue weighted by molar-refractivity contribution is 8.00. The van der Waals surface area contributed by atoms with Crippen molar-refractivity contribution in [3.8, 4) is 0 Å². The number of benzene rings is 3. The number of carbonyl (C=O) groups is 1. The molecule has 0 amide bonds. The first-order valence-electron chi connectivity index (χ1n) is 10.4. The number of fused-ring (bicyclic) bond motifs is 1. The molecule has 0 saturated carbocycles. The number of carbonyl (C=O) groups excluding carboxylic acids is 1. The Bertz CT molecular complexity index is 1330. The Kier molecular flexibility index (Phi) is 6.85. The number of para-hydroxylation sites is 1. The van der Waals surface area contributed by atoms with Crippen LogP contribution in [0.25, 0.3) is 10.2 Å². The lowest BCUT2D eigenvalue weighted by Gasteiger charge is -2.10. The standard InChI is InChI=1S/C25H20N4OS3/c30-21(19-11-5-2-6-12-19)16-31-24-28-27-23(29(24)15-18-9-3-1-4-10-18)17-32-25-26-20-13-7-8-14-22(20)33-25/h1-14H,15-17H2. The molecule has 2 heterocycles. The van der Waals surface area contributed by atoms with E-state index in [4.69, 9.17) is 4.98 Å². The van der Waals surface area contributed by atoms with Crippen LogP contribution in [0.15, 0.2) is 94.4 Å². The topological polar surface area (TPSA) is 60.7 Å². The lowest BCUT2D eigenvalue weighted by Crippen LogP contribution is -2.08. The normalized spacial score (nSPS) is 11.2. The van der Waals surface area contributed by atoms with Crippen LogP contribution in [0.1, 0.15) is 21.7 Å². The highest BCUT2D eigenvalue weighted by Gasteiger charge is 2.16. The summed E-state index contributed by atoms with van der Waals surface area (Å²) in [4.78, 5) is 17.3. The number of ketones is 1. The fourth-order valence-electron chi connectivity index (χ4n) is 3.33. The first-order valence-corrected chi connectivity index (χ1v) is 13.2. The van der Waals surface area contributed by atoms with E-state index in [1.54, 1.807) is 23.1 Å². The van der Waals surface area contributed by atoms with Gasteiger partial charge in [-0.1, -0.05) is 96.3 Å². The molecule has 5 rings (SSSR count). The van der Waals surface area contributed by atoms with Gasteiger partial charge in [0.05, 0.1) is 28.3 Å². The Hall–Kier alpha value is -2.94. The van der Waals surface area contributed by atoms with Crippen LogP contribution in [0.4, 0.5) is 0 Å². The SMILES string of the molecule is O=C(CSc1nnc(CSc2nc3ccccc3s2)n1Cc1ccccc1)c1ccccc1. The zero-order chi connectivity index (χ0) is 22.5. The minimum atomic E-state index is 0.0836. The smallest absolute Gasteiger partial charge is 0.191 e.